The topological polar surface area (TPSA) is 77.2 Å². The first-order valence-electron chi connectivity index (χ1n) is 4.68. The van der Waals surface area contributed by atoms with Gasteiger partial charge in [-0.1, -0.05) is 0 Å². The molecule has 0 radical (unpaired) electrons. The molecule has 0 bridgehead atoms. The molecule has 1 rings (SSSR count). The van der Waals surface area contributed by atoms with Gasteiger partial charge in [0.2, 0.25) is 5.91 Å². The zero-order valence-electron chi connectivity index (χ0n) is 8.66. The summed E-state index contributed by atoms with van der Waals surface area (Å²) in [5, 5.41) is 3.62. The summed E-state index contributed by atoms with van der Waals surface area (Å²) >= 11 is 1.57. The average molecular weight is 229 g/mol. The van der Waals surface area contributed by atoms with Gasteiger partial charge in [-0.05, 0) is 6.92 Å². The Morgan fingerprint density at radius 2 is 2.53 bits per heavy atom. The van der Waals surface area contributed by atoms with Crippen LogP contribution in [0.5, 0.6) is 0 Å². The van der Waals surface area contributed by atoms with Crippen molar-refractivity contribution >= 4 is 17.2 Å². The molecule has 15 heavy (non-hydrogen) atoms. The molecular weight excluding hydrogens is 214 g/mol. The Hall–Kier alpha value is -0.980. The largest absolute Gasteiger partial charge is 0.370 e. The van der Waals surface area contributed by atoms with Crippen molar-refractivity contribution in [3.63, 3.8) is 0 Å². The maximum Gasteiger partial charge on any atom is 0.246 e. The molecule has 1 heterocycles. The summed E-state index contributed by atoms with van der Waals surface area (Å²) in [5.41, 5.74) is 5.22. The summed E-state index contributed by atoms with van der Waals surface area (Å²) in [5.74, 6) is -0.142. The second-order valence-electron chi connectivity index (χ2n) is 2.98. The first-order valence-corrected chi connectivity index (χ1v) is 5.50. The van der Waals surface area contributed by atoms with E-state index in [2.05, 4.69) is 10.3 Å². The fraction of sp³-hybridized carbons (Fsp3) is 0.556. The fourth-order valence-electron chi connectivity index (χ4n) is 0.957. The molecule has 1 aromatic heterocycles. The average Bonchev–Trinajstić information content (AvgIpc) is 2.62. The smallest absolute Gasteiger partial charge is 0.246 e. The van der Waals surface area contributed by atoms with Gasteiger partial charge in [0, 0.05) is 17.6 Å². The predicted octanol–water partition coefficient (Wildman–Crippen LogP) is 0.0430. The van der Waals surface area contributed by atoms with E-state index in [9.17, 15) is 4.79 Å². The third-order valence-electron chi connectivity index (χ3n) is 1.60. The van der Waals surface area contributed by atoms with Crippen LogP contribution in [0.1, 0.15) is 9.88 Å². The lowest BCUT2D eigenvalue weighted by molar-refractivity contribution is -0.125. The molecule has 1 amide bonds. The van der Waals surface area contributed by atoms with Crippen molar-refractivity contribution in [1.29, 1.82) is 0 Å². The van der Waals surface area contributed by atoms with Crippen molar-refractivity contribution in [3.8, 4) is 0 Å². The number of carbonyl (C=O) groups excluding carboxylic acids is 1. The van der Waals surface area contributed by atoms with E-state index >= 15 is 0 Å². The van der Waals surface area contributed by atoms with Gasteiger partial charge >= 0.3 is 0 Å². The summed E-state index contributed by atoms with van der Waals surface area (Å²) in [6.45, 7) is 3.33. The Morgan fingerprint density at radius 1 is 1.73 bits per heavy atom. The number of hydrogen-bond donors (Lipinski definition) is 2. The fourth-order valence-corrected chi connectivity index (χ4v) is 1.68. The number of nitrogens with one attached hydrogen (secondary N) is 1. The molecule has 0 aliphatic heterocycles. The van der Waals surface area contributed by atoms with Crippen LogP contribution < -0.4 is 11.1 Å². The highest BCUT2D eigenvalue weighted by molar-refractivity contribution is 7.11. The van der Waals surface area contributed by atoms with E-state index in [1.165, 1.54) is 0 Å². The number of aryl methyl sites for hydroxylation is 1. The summed E-state index contributed by atoms with van der Waals surface area (Å²) in [4.78, 5) is 16.5. The maximum absolute atomic E-state index is 11.2. The number of ether oxygens (including phenoxy) is 1. The third kappa shape index (κ3) is 4.87. The highest BCUT2D eigenvalue weighted by atomic mass is 32.1. The van der Waals surface area contributed by atoms with Crippen molar-refractivity contribution in [1.82, 2.24) is 10.3 Å². The van der Waals surface area contributed by atoms with E-state index < -0.39 is 0 Å². The van der Waals surface area contributed by atoms with Crippen molar-refractivity contribution in [3.05, 3.63) is 16.1 Å². The molecule has 0 unspecified atom stereocenters. The minimum absolute atomic E-state index is 0.0571. The van der Waals surface area contributed by atoms with E-state index in [0.717, 1.165) is 9.88 Å². The van der Waals surface area contributed by atoms with E-state index in [1.807, 2.05) is 6.92 Å². The molecule has 0 atom stereocenters. The lowest BCUT2D eigenvalue weighted by Crippen LogP contribution is -2.28. The highest BCUT2D eigenvalue weighted by Gasteiger charge is 2.03. The Kier molecular flexibility index (Phi) is 5.23. The van der Waals surface area contributed by atoms with E-state index in [-0.39, 0.29) is 12.5 Å². The maximum atomic E-state index is 11.2. The van der Waals surface area contributed by atoms with Gasteiger partial charge in [0.15, 0.2) is 0 Å². The molecule has 0 aromatic carbocycles. The molecule has 1 aromatic rings. The second kappa shape index (κ2) is 6.49. The molecule has 5 nitrogen and oxygen atoms in total. The molecule has 0 aliphatic rings. The molecule has 0 saturated carbocycles. The van der Waals surface area contributed by atoms with Gasteiger partial charge in [0.05, 0.1) is 13.2 Å². The van der Waals surface area contributed by atoms with Crippen LogP contribution in [0.25, 0.3) is 0 Å². The van der Waals surface area contributed by atoms with Crippen LogP contribution in [0.3, 0.4) is 0 Å². The monoisotopic (exact) mass is 229 g/mol. The molecule has 0 spiro atoms. The van der Waals surface area contributed by atoms with Crippen LogP contribution in [0.4, 0.5) is 0 Å². The Balaban J connectivity index is 2.16. The van der Waals surface area contributed by atoms with Crippen molar-refractivity contribution in [2.75, 3.05) is 19.8 Å². The van der Waals surface area contributed by atoms with E-state index in [4.69, 9.17) is 10.5 Å². The van der Waals surface area contributed by atoms with Crippen LogP contribution in [0, 0.1) is 6.92 Å². The van der Waals surface area contributed by atoms with Gasteiger partial charge in [0.25, 0.3) is 0 Å². The number of nitrogens with two attached hydrogens (primary N) is 1. The number of rotatable bonds is 6. The van der Waals surface area contributed by atoms with Gasteiger partial charge in [-0.2, -0.15) is 0 Å². The number of aromatic nitrogens is 1. The van der Waals surface area contributed by atoms with E-state index in [0.29, 0.717) is 19.7 Å². The van der Waals surface area contributed by atoms with Crippen molar-refractivity contribution in [2.24, 2.45) is 5.73 Å². The molecule has 0 aliphatic carbocycles. The van der Waals surface area contributed by atoms with Crippen molar-refractivity contribution < 1.29 is 9.53 Å². The van der Waals surface area contributed by atoms with Gasteiger partial charge < -0.3 is 15.8 Å². The highest BCUT2D eigenvalue weighted by Crippen LogP contribution is 2.10. The normalized spacial score (nSPS) is 10.3. The number of thiazole rings is 1. The third-order valence-corrected chi connectivity index (χ3v) is 2.51. The summed E-state index contributed by atoms with van der Waals surface area (Å²) in [6.07, 6.45) is 1.79. The number of nitrogens with zero attached hydrogens (tertiary/aromatic N) is 1. The van der Waals surface area contributed by atoms with E-state index in [1.54, 1.807) is 17.5 Å². The van der Waals surface area contributed by atoms with Crippen LogP contribution in [0.15, 0.2) is 6.20 Å². The van der Waals surface area contributed by atoms with Gasteiger partial charge in [-0.3, -0.25) is 4.79 Å². The molecule has 0 fully saturated rings. The van der Waals surface area contributed by atoms with Gasteiger partial charge in [0.1, 0.15) is 11.6 Å². The lowest BCUT2D eigenvalue weighted by atomic mass is 10.5. The summed E-state index contributed by atoms with van der Waals surface area (Å²) in [7, 11) is 0. The SMILES string of the molecule is Cc1cnc(CNC(=O)COCCN)s1. The molecule has 84 valence electrons. The second-order valence-corrected chi connectivity index (χ2v) is 4.30. The van der Waals surface area contributed by atoms with Crippen LogP contribution >= 0.6 is 11.3 Å². The molecular formula is C9H15N3O2S. The Bertz CT molecular complexity index is 314. The van der Waals surface area contributed by atoms with Crippen LogP contribution in [-0.4, -0.2) is 30.6 Å². The van der Waals surface area contributed by atoms with Crippen LogP contribution in [0.2, 0.25) is 0 Å². The number of amides is 1. The molecule has 0 saturated heterocycles. The minimum Gasteiger partial charge on any atom is -0.370 e. The first kappa shape index (κ1) is 12.1. The summed E-state index contributed by atoms with van der Waals surface area (Å²) < 4.78 is 4.98. The zero-order valence-corrected chi connectivity index (χ0v) is 9.47. The Morgan fingerprint density at radius 3 is 3.13 bits per heavy atom. The minimum atomic E-state index is -0.142. The molecule has 3 N–H and O–H groups in total. The lowest BCUT2D eigenvalue weighted by Gasteiger charge is -2.03. The predicted molar refractivity (Wildman–Crippen MR) is 58.6 cm³/mol. The van der Waals surface area contributed by atoms with Gasteiger partial charge in [-0.15, -0.1) is 11.3 Å². The number of carbonyl (C=O) groups is 1. The quantitative estimate of drug-likeness (QED) is 0.675. The standard InChI is InChI=1S/C9H15N3O2S/c1-7-4-12-9(15-7)5-11-8(13)6-14-3-2-10/h4H,2-3,5-6,10H2,1H3,(H,11,13). The Labute approximate surface area is 92.6 Å². The van der Waals surface area contributed by atoms with Crippen molar-refractivity contribution in [2.45, 2.75) is 13.5 Å². The molecule has 6 heteroatoms. The number of hydrogen-bond acceptors (Lipinski definition) is 5. The van der Waals surface area contributed by atoms with Gasteiger partial charge in [-0.25, -0.2) is 4.98 Å². The summed E-state index contributed by atoms with van der Waals surface area (Å²) in [6, 6.07) is 0. The first-order chi connectivity index (χ1) is 7.22. The zero-order chi connectivity index (χ0) is 11.1. The van der Waals surface area contributed by atoms with Crippen LogP contribution in [-0.2, 0) is 16.1 Å².